The van der Waals surface area contributed by atoms with Gasteiger partial charge in [-0.2, -0.15) is 0 Å². The lowest BCUT2D eigenvalue weighted by atomic mass is 10.0. The summed E-state index contributed by atoms with van der Waals surface area (Å²) in [5.41, 5.74) is 7.31. The van der Waals surface area contributed by atoms with Crippen molar-refractivity contribution in [3.63, 3.8) is 0 Å². The smallest absolute Gasteiger partial charge is 0.127 e. The second kappa shape index (κ2) is 8.28. The molecular formula is C16H27FN2. The summed E-state index contributed by atoms with van der Waals surface area (Å²) >= 11 is 0. The van der Waals surface area contributed by atoms with E-state index >= 15 is 0 Å². The minimum Gasteiger partial charge on any atom is -0.326 e. The Balaban J connectivity index is 2.69. The Morgan fingerprint density at radius 3 is 2.42 bits per heavy atom. The Morgan fingerprint density at radius 2 is 1.89 bits per heavy atom. The molecule has 0 heterocycles. The first-order chi connectivity index (χ1) is 9.14. The molecule has 2 nitrogen and oxygen atoms in total. The van der Waals surface area contributed by atoms with Crippen LogP contribution in [0, 0.1) is 11.7 Å². The predicted octanol–water partition coefficient (Wildman–Crippen LogP) is 3.54. The largest absolute Gasteiger partial charge is 0.326 e. The summed E-state index contributed by atoms with van der Waals surface area (Å²) in [5.74, 6) is 0.545. The summed E-state index contributed by atoms with van der Waals surface area (Å²) in [7, 11) is 0. The number of nitrogens with zero attached hydrogens (tertiary/aromatic N) is 1. The third-order valence-corrected chi connectivity index (χ3v) is 3.85. The number of rotatable bonds is 8. The number of halogens is 1. The molecule has 0 fully saturated rings. The lowest BCUT2D eigenvalue weighted by molar-refractivity contribution is 0.226. The van der Waals surface area contributed by atoms with E-state index in [9.17, 15) is 4.39 Å². The van der Waals surface area contributed by atoms with Crippen molar-refractivity contribution in [1.29, 1.82) is 0 Å². The average molecular weight is 266 g/mol. The molecule has 1 aromatic carbocycles. The highest BCUT2D eigenvalue weighted by Crippen LogP contribution is 2.15. The van der Waals surface area contributed by atoms with Crippen LogP contribution >= 0.6 is 0 Å². The van der Waals surface area contributed by atoms with Gasteiger partial charge in [0.1, 0.15) is 5.82 Å². The van der Waals surface area contributed by atoms with Crippen LogP contribution in [0.25, 0.3) is 0 Å². The number of nitrogens with two attached hydrogens (primary N) is 1. The number of hydrogen-bond donors (Lipinski definition) is 1. The van der Waals surface area contributed by atoms with E-state index < -0.39 is 0 Å². The highest BCUT2D eigenvalue weighted by Gasteiger charge is 2.11. The van der Waals surface area contributed by atoms with Crippen molar-refractivity contribution >= 4 is 0 Å². The fourth-order valence-corrected chi connectivity index (χ4v) is 2.36. The van der Waals surface area contributed by atoms with Gasteiger partial charge in [-0.25, -0.2) is 4.39 Å². The molecule has 0 aliphatic rings. The highest BCUT2D eigenvalue weighted by molar-refractivity contribution is 5.25. The topological polar surface area (TPSA) is 29.3 Å². The SMILES string of the molecule is CCC(CC)CN(CC)Cc1ccc(F)c(CN)c1. The van der Waals surface area contributed by atoms with Gasteiger partial charge in [-0.05, 0) is 24.1 Å². The van der Waals surface area contributed by atoms with Crippen LogP contribution in [0.15, 0.2) is 18.2 Å². The second-order valence-corrected chi connectivity index (χ2v) is 5.14. The average Bonchev–Trinajstić information content (AvgIpc) is 2.45. The van der Waals surface area contributed by atoms with E-state index in [-0.39, 0.29) is 12.4 Å². The molecule has 0 radical (unpaired) electrons. The van der Waals surface area contributed by atoms with E-state index in [1.165, 1.54) is 18.9 Å². The van der Waals surface area contributed by atoms with Crippen LogP contribution in [0.3, 0.4) is 0 Å². The molecule has 2 N–H and O–H groups in total. The van der Waals surface area contributed by atoms with Crippen molar-refractivity contribution in [1.82, 2.24) is 4.90 Å². The van der Waals surface area contributed by atoms with Gasteiger partial charge in [0.05, 0.1) is 0 Å². The second-order valence-electron chi connectivity index (χ2n) is 5.14. The quantitative estimate of drug-likeness (QED) is 0.779. The Kier molecular flexibility index (Phi) is 7.03. The van der Waals surface area contributed by atoms with Gasteiger partial charge >= 0.3 is 0 Å². The van der Waals surface area contributed by atoms with Crippen LogP contribution in [-0.2, 0) is 13.1 Å². The van der Waals surface area contributed by atoms with Gasteiger partial charge < -0.3 is 5.73 Å². The van der Waals surface area contributed by atoms with Gasteiger partial charge in [0.2, 0.25) is 0 Å². The molecule has 108 valence electrons. The van der Waals surface area contributed by atoms with E-state index in [0.29, 0.717) is 5.56 Å². The minimum absolute atomic E-state index is 0.200. The fourth-order valence-electron chi connectivity index (χ4n) is 2.36. The lowest BCUT2D eigenvalue weighted by Gasteiger charge is -2.25. The standard InChI is InChI=1S/C16H27FN2/c1-4-13(5-2)11-19(6-3)12-14-7-8-16(17)15(9-14)10-18/h7-9,13H,4-6,10-12,18H2,1-3H3. The van der Waals surface area contributed by atoms with Gasteiger partial charge in [0, 0.05) is 25.2 Å². The van der Waals surface area contributed by atoms with E-state index in [4.69, 9.17) is 5.73 Å². The van der Waals surface area contributed by atoms with Gasteiger partial charge in [-0.15, -0.1) is 0 Å². The van der Waals surface area contributed by atoms with Crippen LogP contribution in [0.1, 0.15) is 44.7 Å². The molecule has 0 aliphatic heterocycles. The Labute approximate surface area is 116 Å². The van der Waals surface area contributed by atoms with Crippen LogP contribution in [-0.4, -0.2) is 18.0 Å². The van der Waals surface area contributed by atoms with Gasteiger partial charge in [0.15, 0.2) is 0 Å². The summed E-state index contributed by atoms with van der Waals surface area (Å²) in [5, 5.41) is 0. The van der Waals surface area contributed by atoms with Gasteiger partial charge in [-0.1, -0.05) is 45.7 Å². The molecule has 0 aliphatic carbocycles. The first kappa shape index (κ1) is 16.1. The van der Waals surface area contributed by atoms with Crippen molar-refractivity contribution in [2.24, 2.45) is 11.7 Å². The van der Waals surface area contributed by atoms with E-state index in [1.807, 2.05) is 12.1 Å². The lowest BCUT2D eigenvalue weighted by Crippen LogP contribution is -2.28. The maximum Gasteiger partial charge on any atom is 0.127 e. The normalized spacial score (nSPS) is 11.5. The maximum atomic E-state index is 13.4. The molecule has 0 saturated heterocycles. The molecule has 1 rings (SSSR count). The van der Waals surface area contributed by atoms with Gasteiger partial charge in [0.25, 0.3) is 0 Å². The van der Waals surface area contributed by atoms with E-state index in [1.54, 1.807) is 0 Å². The Bertz CT molecular complexity index is 375. The molecule has 0 aromatic heterocycles. The predicted molar refractivity (Wildman–Crippen MR) is 79.3 cm³/mol. The Morgan fingerprint density at radius 1 is 1.21 bits per heavy atom. The van der Waals surface area contributed by atoms with Crippen LogP contribution in [0.2, 0.25) is 0 Å². The first-order valence-corrected chi connectivity index (χ1v) is 7.34. The monoisotopic (exact) mass is 266 g/mol. The molecule has 3 heteroatoms. The van der Waals surface area contributed by atoms with Crippen molar-refractivity contribution in [2.45, 2.75) is 46.7 Å². The maximum absolute atomic E-state index is 13.4. The molecule has 0 saturated carbocycles. The highest BCUT2D eigenvalue weighted by atomic mass is 19.1. The fraction of sp³-hybridized carbons (Fsp3) is 0.625. The Hall–Kier alpha value is -0.930. The molecule has 1 aromatic rings. The summed E-state index contributed by atoms with van der Waals surface area (Å²) in [6.45, 7) is 9.93. The summed E-state index contributed by atoms with van der Waals surface area (Å²) < 4.78 is 13.4. The summed E-state index contributed by atoms with van der Waals surface area (Å²) in [4.78, 5) is 2.42. The van der Waals surface area contributed by atoms with Crippen LogP contribution < -0.4 is 5.73 Å². The van der Waals surface area contributed by atoms with Crippen LogP contribution in [0.4, 0.5) is 4.39 Å². The zero-order valence-electron chi connectivity index (χ0n) is 12.5. The van der Waals surface area contributed by atoms with E-state index in [2.05, 4.69) is 25.7 Å². The van der Waals surface area contributed by atoms with Crippen molar-refractivity contribution < 1.29 is 4.39 Å². The molecule has 0 unspecified atom stereocenters. The molecule has 0 atom stereocenters. The summed E-state index contributed by atoms with van der Waals surface area (Å²) in [6.07, 6.45) is 2.43. The molecule has 0 bridgehead atoms. The van der Waals surface area contributed by atoms with Crippen LogP contribution in [0.5, 0.6) is 0 Å². The first-order valence-electron chi connectivity index (χ1n) is 7.34. The van der Waals surface area contributed by atoms with Crippen molar-refractivity contribution in [3.8, 4) is 0 Å². The number of hydrogen-bond acceptors (Lipinski definition) is 2. The van der Waals surface area contributed by atoms with Gasteiger partial charge in [-0.3, -0.25) is 4.90 Å². The molecule has 19 heavy (non-hydrogen) atoms. The molecule has 0 amide bonds. The van der Waals surface area contributed by atoms with E-state index in [0.717, 1.165) is 31.1 Å². The molecular weight excluding hydrogens is 239 g/mol. The van der Waals surface area contributed by atoms with Crippen molar-refractivity contribution in [3.05, 3.63) is 35.1 Å². The summed E-state index contributed by atoms with van der Waals surface area (Å²) in [6, 6.07) is 5.29. The molecule has 0 spiro atoms. The minimum atomic E-state index is -0.200. The number of benzene rings is 1. The zero-order valence-corrected chi connectivity index (χ0v) is 12.5. The third-order valence-electron chi connectivity index (χ3n) is 3.85. The van der Waals surface area contributed by atoms with Crippen molar-refractivity contribution in [2.75, 3.05) is 13.1 Å². The zero-order chi connectivity index (χ0) is 14.3. The third kappa shape index (κ3) is 4.92.